The summed E-state index contributed by atoms with van der Waals surface area (Å²) in [5.74, 6) is -0.0538. The molecule has 8 nitrogen and oxygen atoms in total. The molecule has 0 spiro atoms. The van der Waals surface area contributed by atoms with Gasteiger partial charge in [0.2, 0.25) is 0 Å². The Balaban J connectivity index is 2.38. The van der Waals surface area contributed by atoms with Crippen LogP contribution in [0.4, 0.5) is 17.1 Å². The number of rotatable bonds is 4. The fraction of sp³-hybridized carbons (Fsp3) is 0.143. The van der Waals surface area contributed by atoms with Crippen LogP contribution >= 0.6 is 0 Å². The lowest BCUT2D eigenvalue weighted by atomic mass is 10.2. The maximum atomic E-state index is 10.7. The minimum Gasteiger partial charge on any atom is -0.508 e. The van der Waals surface area contributed by atoms with E-state index in [1.807, 2.05) is 0 Å². The zero-order chi connectivity index (χ0) is 16.3. The van der Waals surface area contributed by atoms with Crippen molar-refractivity contribution in [3.63, 3.8) is 0 Å². The first-order chi connectivity index (χ1) is 10.4. The van der Waals surface area contributed by atoms with E-state index in [2.05, 4.69) is 10.2 Å². The van der Waals surface area contributed by atoms with Crippen molar-refractivity contribution in [1.82, 2.24) is 0 Å². The molecule has 0 aliphatic heterocycles. The van der Waals surface area contributed by atoms with Crippen molar-refractivity contribution in [2.75, 3.05) is 7.11 Å². The van der Waals surface area contributed by atoms with Crippen molar-refractivity contribution in [2.24, 2.45) is 10.2 Å². The van der Waals surface area contributed by atoms with E-state index < -0.39 is 4.92 Å². The van der Waals surface area contributed by atoms with Crippen molar-refractivity contribution >= 4 is 17.1 Å². The Bertz CT molecular complexity index is 758. The van der Waals surface area contributed by atoms with Gasteiger partial charge in [-0.05, 0) is 25.1 Å². The maximum absolute atomic E-state index is 10.7. The quantitative estimate of drug-likeness (QED) is 0.506. The van der Waals surface area contributed by atoms with Crippen molar-refractivity contribution in [3.05, 3.63) is 46.0 Å². The molecule has 0 heterocycles. The average molecular weight is 303 g/mol. The number of hydrogen-bond acceptors (Lipinski definition) is 7. The molecule has 0 aliphatic carbocycles. The van der Waals surface area contributed by atoms with E-state index in [1.165, 1.54) is 44.4 Å². The van der Waals surface area contributed by atoms with Crippen LogP contribution in [0.1, 0.15) is 5.56 Å². The van der Waals surface area contributed by atoms with Gasteiger partial charge in [0.1, 0.15) is 22.9 Å². The first-order valence-corrected chi connectivity index (χ1v) is 6.19. The lowest BCUT2D eigenvalue weighted by molar-refractivity contribution is -0.384. The molecule has 0 unspecified atom stereocenters. The maximum Gasteiger partial charge on any atom is 0.273 e. The van der Waals surface area contributed by atoms with E-state index in [-0.39, 0.29) is 39.9 Å². The molecule has 114 valence electrons. The third-order valence-corrected chi connectivity index (χ3v) is 3.02. The van der Waals surface area contributed by atoms with Crippen molar-refractivity contribution in [1.29, 1.82) is 0 Å². The smallest absolute Gasteiger partial charge is 0.273 e. The average Bonchev–Trinajstić information content (AvgIpc) is 2.51. The molecule has 2 aromatic carbocycles. The lowest BCUT2D eigenvalue weighted by Gasteiger charge is -2.05. The summed E-state index contributed by atoms with van der Waals surface area (Å²) in [6.07, 6.45) is 0. The van der Waals surface area contributed by atoms with Gasteiger partial charge in [0, 0.05) is 11.6 Å². The van der Waals surface area contributed by atoms with E-state index in [0.29, 0.717) is 0 Å². The minimum atomic E-state index is -0.543. The summed E-state index contributed by atoms with van der Waals surface area (Å²) in [5.41, 5.74) is 0.597. The van der Waals surface area contributed by atoms with E-state index in [1.54, 1.807) is 0 Å². The number of non-ortho nitro benzene ring substituents is 1. The Morgan fingerprint density at radius 2 is 1.77 bits per heavy atom. The van der Waals surface area contributed by atoms with Gasteiger partial charge < -0.3 is 14.9 Å². The van der Waals surface area contributed by atoms with Gasteiger partial charge >= 0.3 is 0 Å². The molecule has 0 saturated carbocycles. The van der Waals surface area contributed by atoms with Crippen LogP contribution in [0.2, 0.25) is 0 Å². The summed E-state index contributed by atoms with van der Waals surface area (Å²) >= 11 is 0. The molecule has 0 radical (unpaired) electrons. The number of hydrogen-bond donors (Lipinski definition) is 2. The summed E-state index contributed by atoms with van der Waals surface area (Å²) in [7, 11) is 1.36. The second-order valence-electron chi connectivity index (χ2n) is 4.39. The zero-order valence-electron chi connectivity index (χ0n) is 11.8. The predicted octanol–water partition coefficient (Wildman–Crippen LogP) is 3.74. The largest absolute Gasteiger partial charge is 0.508 e. The molecule has 0 aliphatic rings. The standard InChI is InChI=1S/C14H13N3O5/c1-8-12(18)6-5-11(14(8)19)16-15-10-4-3-9(17(20)21)7-13(10)22-2/h3-7,18-19H,1-2H3. The fourth-order valence-corrected chi connectivity index (χ4v) is 1.73. The molecule has 2 N–H and O–H groups in total. The van der Waals surface area contributed by atoms with E-state index in [4.69, 9.17) is 4.74 Å². The number of methoxy groups -OCH3 is 1. The number of nitro benzene ring substituents is 1. The summed E-state index contributed by atoms with van der Waals surface area (Å²) in [6.45, 7) is 1.54. The summed E-state index contributed by atoms with van der Waals surface area (Å²) in [5, 5.41) is 37.8. The normalized spacial score (nSPS) is 10.8. The lowest BCUT2D eigenvalue weighted by Crippen LogP contribution is -1.89. The second kappa shape index (κ2) is 6.08. The Kier molecular flexibility index (Phi) is 4.21. The molecule has 0 aromatic heterocycles. The molecule has 0 atom stereocenters. The highest BCUT2D eigenvalue weighted by atomic mass is 16.6. The van der Waals surface area contributed by atoms with Crippen LogP contribution < -0.4 is 4.74 Å². The first kappa shape index (κ1) is 15.2. The van der Waals surface area contributed by atoms with Crippen LogP contribution in [0.25, 0.3) is 0 Å². The van der Waals surface area contributed by atoms with Gasteiger partial charge in [-0.15, -0.1) is 10.2 Å². The van der Waals surface area contributed by atoms with Crippen molar-refractivity contribution in [2.45, 2.75) is 6.92 Å². The van der Waals surface area contributed by atoms with Crippen LogP contribution in [-0.2, 0) is 0 Å². The number of phenolic OH excluding ortho intramolecular Hbond substituents is 2. The highest BCUT2D eigenvalue weighted by Gasteiger charge is 2.12. The van der Waals surface area contributed by atoms with E-state index in [9.17, 15) is 20.3 Å². The predicted molar refractivity (Wildman–Crippen MR) is 78.3 cm³/mol. The van der Waals surface area contributed by atoms with Gasteiger partial charge in [-0.3, -0.25) is 10.1 Å². The van der Waals surface area contributed by atoms with E-state index in [0.717, 1.165) is 0 Å². The number of aromatic hydroxyl groups is 2. The van der Waals surface area contributed by atoms with Gasteiger partial charge in [0.15, 0.2) is 5.75 Å². The molecule has 2 rings (SSSR count). The van der Waals surface area contributed by atoms with Crippen molar-refractivity contribution < 1.29 is 19.9 Å². The number of nitro groups is 1. The fourth-order valence-electron chi connectivity index (χ4n) is 1.73. The van der Waals surface area contributed by atoms with Gasteiger partial charge in [-0.25, -0.2) is 0 Å². The topological polar surface area (TPSA) is 118 Å². The molecule has 0 bridgehead atoms. The highest BCUT2D eigenvalue weighted by molar-refractivity contribution is 5.60. The molecule has 0 saturated heterocycles. The SMILES string of the molecule is COc1cc([N+](=O)[O-])ccc1N=Nc1ccc(O)c(C)c1O. The molecule has 22 heavy (non-hydrogen) atoms. The van der Waals surface area contributed by atoms with Gasteiger partial charge in [-0.1, -0.05) is 0 Å². The first-order valence-electron chi connectivity index (χ1n) is 6.19. The summed E-state index contributed by atoms with van der Waals surface area (Å²) in [4.78, 5) is 10.2. The van der Waals surface area contributed by atoms with Crippen LogP contribution in [-0.4, -0.2) is 22.2 Å². The number of benzene rings is 2. The zero-order valence-corrected chi connectivity index (χ0v) is 11.8. The number of nitrogens with zero attached hydrogens (tertiary/aromatic N) is 3. The highest BCUT2D eigenvalue weighted by Crippen LogP contribution is 2.37. The molecule has 0 amide bonds. The molecule has 2 aromatic rings. The molecular formula is C14H13N3O5. The van der Waals surface area contributed by atoms with Gasteiger partial charge in [0.25, 0.3) is 5.69 Å². The van der Waals surface area contributed by atoms with Crippen LogP contribution in [0, 0.1) is 17.0 Å². The summed E-state index contributed by atoms with van der Waals surface area (Å²) < 4.78 is 5.04. The third kappa shape index (κ3) is 2.95. The van der Waals surface area contributed by atoms with Crippen LogP contribution in [0.3, 0.4) is 0 Å². The number of azo groups is 1. The molecule has 8 heteroatoms. The number of phenols is 2. The molecule has 0 fully saturated rings. The Labute approximate surface area is 125 Å². The van der Waals surface area contributed by atoms with Crippen molar-refractivity contribution in [3.8, 4) is 17.2 Å². The van der Waals surface area contributed by atoms with Gasteiger partial charge in [-0.2, -0.15) is 0 Å². The second-order valence-corrected chi connectivity index (χ2v) is 4.39. The summed E-state index contributed by atoms with van der Waals surface area (Å²) in [6, 6.07) is 6.69. The molecular weight excluding hydrogens is 290 g/mol. The number of ether oxygens (including phenoxy) is 1. The monoisotopic (exact) mass is 303 g/mol. The van der Waals surface area contributed by atoms with Crippen LogP contribution in [0.5, 0.6) is 17.2 Å². The Hall–Kier alpha value is -3.16. The minimum absolute atomic E-state index is 0.0515. The third-order valence-electron chi connectivity index (χ3n) is 3.02. The van der Waals surface area contributed by atoms with E-state index >= 15 is 0 Å². The van der Waals surface area contributed by atoms with Gasteiger partial charge in [0.05, 0.1) is 18.1 Å². The Morgan fingerprint density at radius 1 is 1.14 bits per heavy atom. The van der Waals surface area contributed by atoms with Crippen LogP contribution in [0.15, 0.2) is 40.6 Å². The Morgan fingerprint density at radius 3 is 2.41 bits per heavy atom.